The van der Waals surface area contributed by atoms with Crippen LogP contribution in [0.2, 0.25) is 0 Å². The smallest absolute Gasteiger partial charge is 0.409 e. The van der Waals surface area contributed by atoms with E-state index in [-0.39, 0.29) is 114 Å². The SMILES string of the molecule is COCCOCCOCCOC(=O)N1CCN(P(=O)(OCC2CN(P(=O)(OCC3CN(P(=O)(OCC4CN(P(=O)(OCC5CN(C(C)C)CC(n6ccc(N)nc6=O)O5)N(C)C)CC(n5ccc(N)nc5=O)O4)N(C)C)CC(n4cc(C)c(=O)[nH]c4=O)O3)N(C)C)CC(n3ccc(N)nc3=O)O2)N(C)C)CC1. The first-order valence-electron chi connectivity index (χ1n) is 34.7. The molecule has 0 aliphatic carbocycles. The van der Waals surface area contributed by atoms with Crippen LogP contribution in [-0.2, 0) is 74.3 Å². The van der Waals surface area contributed by atoms with Gasteiger partial charge in [0.15, 0.2) is 24.9 Å². The van der Waals surface area contributed by atoms with E-state index in [4.69, 9.17) is 73.2 Å². The number of aromatic nitrogens is 8. The number of morpholine rings is 4. The Bertz CT molecular complexity index is 4160. The molecule has 7 N–H and O–H groups in total. The molecule has 0 radical (unpaired) electrons. The van der Waals surface area contributed by atoms with Gasteiger partial charge in [0.05, 0.1) is 104 Å². The molecule has 0 bridgehead atoms. The van der Waals surface area contributed by atoms with Gasteiger partial charge in [-0.3, -0.25) is 51.2 Å². The third kappa shape index (κ3) is 21.0. The fraction of sp³-hybridized carbons (Fsp3) is 0.717. The Morgan fingerprint density at radius 1 is 0.505 bits per heavy atom. The van der Waals surface area contributed by atoms with Gasteiger partial charge >= 0.3 is 59.5 Å². The van der Waals surface area contributed by atoms with E-state index in [9.17, 15) is 28.8 Å². The quantitative estimate of drug-likeness (QED) is 0.0346. The van der Waals surface area contributed by atoms with Crippen LogP contribution in [0.4, 0.5) is 22.2 Å². The van der Waals surface area contributed by atoms with Crippen LogP contribution in [0.1, 0.15) is 44.3 Å². The number of piperazine rings is 1. The number of hydrogen-bond donors (Lipinski definition) is 4. The number of carbonyl (C=O) groups excluding carboxylic acids is 1. The molecule has 4 aromatic rings. The van der Waals surface area contributed by atoms with Gasteiger partial charge in [-0.05, 0) is 95.4 Å². The molecular weight excluding hydrogens is 1490 g/mol. The van der Waals surface area contributed by atoms with Crippen molar-refractivity contribution >= 4 is 54.2 Å². The van der Waals surface area contributed by atoms with Crippen molar-refractivity contribution in [1.82, 2.24) is 85.4 Å². The van der Waals surface area contributed by atoms with E-state index >= 15 is 18.3 Å². The summed E-state index contributed by atoms with van der Waals surface area (Å²) in [5, 5.41) is 0. The predicted octanol–water partition coefficient (Wildman–Crippen LogP) is -0.253. The van der Waals surface area contributed by atoms with Crippen LogP contribution in [0, 0.1) is 6.92 Å². The second kappa shape index (κ2) is 37.4. The molecule has 0 aromatic carbocycles. The molecule has 5 fully saturated rings. The molecular formula is C60H103N21O22P4. The molecule has 12 atom stereocenters. The number of amides is 1. The maximum Gasteiger partial charge on any atom is 0.409 e. The molecule has 1 amide bonds. The van der Waals surface area contributed by atoms with Crippen molar-refractivity contribution in [2.24, 2.45) is 0 Å². The van der Waals surface area contributed by atoms with Crippen molar-refractivity contribution in [3.05, 3.63) is 101 Å². The molecule has 600 valence electrons. The molecule has 0 saturated carbocycles. The highest BCUT2D eigenvalue weighted by atomic mass is 31.2. The van der Waals surface area contributed by atoms with Gasteiger partial charge in [0.1, 0.15) is 24.1 Å². The second-order valence-electron chi connectivity index (χ2n) is 26.9. The van der Waals surface area contributed by atoms with Crippen LogP contribution in [0.3, 0.4) is 0 Å². The van der Waals surface area contributed by atoms with E-state index in [0.29, 0.717) is 39.5 Å². The Hall–Kier alpha value is -5.89. The first kappa shape index (κ1) is 85.1. The molecule has 47 heteroatoms. The number of methoxy groups -OCH3 is 1. The molecule has 12 unspecified atom stereocenters. The van der Waals surface area contributed by atoms with Crippen molar-refractivity contribution in [3.8, 4) is 0 Å². The number of aryl methyl sites for hydroxylation is 1. The minimum absolute atomic E-state index is 0.00316. The summed E-state index contributed by atoms with van der Waals surface area (Å²) in [6.45, 7) is 5.08. The molecule has 9 heterocycles. The number of aromatic amines is 1. The Kier molecular flexibility index (Phi) is 29.8. The first-order valence-corrected chi connectivity index (χ1v) is 40.8. The summed E-state index contributed by atoms with van der Waals surface area (Å²) in [6, 6.07) is 4.24. The molecule has 43 nitrogen and oxygen atoms in total. The summed E-state index contributed by atoms with van der Waals surface area (Å²) in [5.74, 6) is -0.116. The van der Waals surface area contributed by atoms with E-state index in [1.54, 1.807) is 40.0 Å². The Morgan fingerprint density at radius 2 is 0.850 bits per heavy atom. The topological polar surface area (TPSA) is 466 Å². The number of carbonyl (C=O) groups is 1. The van der Waals surface area contributed by atoms with Crippen LogP contribution in [0.5, 0.6) is 0 Å². The summed E-state index contributed by atoms with van der Waals surface area (Å²) >= 11 is 0. The van der Waals surface area contributed by atoms with Crippen LogP contribution >= 0.6 is 30.7 Å². The van der Waals surface area contributed by atoms with Crippen molar-refractivity contribution in [3.63, 3.8) is 0 Å². The summed E-state index contributed by atoms with van der Waals surface area (Å²) in [5.41, 5.74) is 14.0. The first-order chi connectivity index (χ1) is 50.6. The van der Waals surface area contributed by atoms with Gasteiger partial charge in [-0.25, -0.2) is 61.3 Å². The van der Waals surface area contributed by atoms with Gasteiger partial charge in [0.25, 0.3) is 5.56 Å². The molecule has 9 rings (SSSR count). The maximum atomic E-state index is 16.1. The second-order valence-corrected chi connectivity index (χ2v) is 37.3. The van der Waals surface area contributed by atoms with Gasteiger partial charge in [0, 0.05) is 102 Å². The lowest BCUT2D eigenvalue weighted by molar-refractivity contribution is -0.142. The number of nitrogen functional groups attached to an aromatic ring is 3. The average molecular weight is 1590 g/mol. The Balaban J connectivity index is 0.940. The van der Waals surface area contributed by atoms with E-state index in [1.807, 2.05) is 13.8 Å². The normalized spacial score (nSPS) is 25.1. The highest BCUT2D eigenvalue weighted by Gasteiger charge is 2.50. The number of nitrogens with one attached hydrogen (secondary N) is 1. The summed E-state index contributed by atoms with van der Waals surface area (Å²) in [6.07, 6.45) is -3.90. The molecule has 5 aliphatic heterocycles. The van der Waals surface area contributed by atoms with E-state index in [0.717, 1.165) is 13.7 Å². The molecule has 0 spiro atoms. The third-order valence-electron chi connectivity index (χ3n) is 18.2. The van der Waals surface area contributed by atoms with Crippen LogP contribution < -0.4 is 45.5 Å². The van der Waals surface area contributed by atoms with E-state index < -0.39 is 134 Å². The van der Waals surface area contributed by atoms with Crippen LogP contribution in [0.15, 0.2) is 67.0 Å². The van der Waals surface area contributed by atoms with Crippen molar-refractivity contribution < 1.29 is 79.0 Å². The van der Waals surface area contributed by atoms with Gasteiger partial charge < -0.3 is 78.1 Å². The molecule has 4 aromatic heterocycles. The minimum atomic E-state index is -4.41. The van der Waals surface area contributed by atoms with E-state index in [2.05, 4.69) is 24.8 Å². The maximum absolute atomic E-state index is 16.1. The Morgan fingerprint density at radius 3 is 1.21 bits per heavy atom. The Labute approximate surface area is 618 Å². The molecule has 5 aliphatic rings. The molecule has 5 saturated heterocycles. The van der Waals surface area contributed by atoms with Crippen molar-refractivity contribution in [1.29, 1.82) is 0 Å². The lowest BCUT2D eigenvalue weighted by Gasteiger charge is -2.46. The van der Waals surface area contributed by atoms with Crippen molar-refractivity contribution in [2.45, 2.75) is 76.1 Å². The zero-order chi connectivity index (χ0) is 77.9. The van der Waals surface area contributed by atoms with Gasteiger partial charge in [-0.2, -0.15) is 15.0 Å². The summed E-state index contributed by atoms with van der Waals surface area (Å²) in [7, 11) is -3.03. The molecule has 107 heavy (non-hydrogen) atoms. The van der Waals surface area contributed by atoms with Gasteiger partial charge in [0.2, 0.25) is 0 Å². The number of H-pyrrole nitrogens is 1. The summed E-state index contributed by atoms with van der Waals surface area (Å²) < 4.78 is 153. The lowest BCUT2D eigenvalue weighted by atomic mass is 10.2. The predicted molar refractivity (Wildman–Crippen MR) is 389 cm³/mol. The lowest BCUT2D eigenvalue weighted by Crippen LogP contribution is -2.52. The zero-order valence-corrected chi connectivity index (χ0v) is 66.0. The number of hydrogen-bond acceptors (Lipinski definition) is 29. The van der Waals surface area contributed by atoms with Crippen LogP contribution in [0.25, 0.3) is 0 Å². The fourth-order valence-electron chi connectivity index (χ4n) is 12.4. The van der Waals surface area contributed by atoms with Gasteiger partial charge in [-0.1, -0.05) is 0 Å². The standard InChI is InChI=1S/C60H103N21O22P4/c1-42(2)73-30-44(100-51(34-73)78-16-13-48(61)64-56(78)83)38-97-105(89,69(6)7)75-32-46(102-53(35-75)80-18-15-50(63)66-58(80)85)40-98-107(91,71(10)11)77-33-47(103-54(37-77)81-29-43(3)55(82)67-59(81)86)41-99-106(90,70(8)9)76-31-45(101-52(36-76)79-17-14-49(62)65-57(79)84)39-96-104(88,68(4)5)74-21-19-72(20-22-74)60(87)95-28-27-94-26-25-93-24-23-92-12/h13-18,29,42,44-47,51-54H,19-28,30-41H2,1-12H3,(H2,61,64,83)(H2,62,65,84)(H2,63,66,85)(H,67,82,86). The number of nitrogens with zero attached hydrogens (tertiary/aromatic N) is 17. The third-order valence-corrected chi connectivity index (χ3v) is 28.4. The largest absolute Gasteiger partial charge is 0.447 e. The number of nitrogens with two attached hydrogens (primary N) is 3. The van der Waals surface area contributed by atoms with Crippen LogP contribution in [-0.4, -0.2) is 330 Å². The number of ether oxygens (including phenoxy) is 8. The number of rotatable bonds is 34. The zero-order valence-electron chi connectivity index (χ0n) is 62.4. The average Bonchev–Trinajstić information content (AvgIpc) is 0.775. The van der Waals surface area contributed by atoms with Crippen molar-refractivity contribution in [2.75, 3.05) is 225 Å². The summed E-state index contributed by atoms with van der Waals surface area (Å²) in [4.78, 5) is 97.6. The van der Waals surface area contributed by atoms with Gasteiger partial charge in [-0.15, -0.1) is 0 Å². The van der Waals surface area contributed by atoms with E-state index in [1.165, 1.54) is 120 Å². The highest BCUT2D eigenvalue weighted by Crippen LogP contribution is 2.59. The monoisotopic (exact) mass is 1590 g/mol. The highest BCUT2D eigenvalue weighted by molar-refractivity contribution is 7.54. The fourth-order valence-corrected chi connectivity index (χ4v) is 20.3. The number of anilines is 3. The minimum Gasteiger partial charge on any atom is -0.447 e.